The molecular weight excluding hydrogens is 469 g/mol. The van der Waals surface area contributed by atoms with Crippen molar-refractivity contribution >= 4 is 17.4 Å². The predicted molar refractivity (Wildman–Crippen MR) is 141 cm³/mol. The summed E-state index contributed by atoms with van der Waals surface area (Å²) in [4.78, 5) is 26.2. The molecule has 0 atom stereocenters. The zero-order valence-electron chi connectivity index (χ0n) is 21.4. The van der Waals surface area contributed by atoms with E-state index >= 15 is 0 Å². The number of nitrogens with zero attached hydrogens (tertiary/aromatic N) is 7. The van der Waals surface area contributed by atoms with Crippen LogP contribution in [0.4, 0.5) is 15.9 Å². The van der Waals surface area contributed by atoms with Crippen LogP contribution in [-0.2, 0) is 13.6 Å². The lowest BCUT2D eigenvalue weighted by Gasteiger charge is -2.36. The fourth-order valence-corrected chi connectivity index (χ4v) is 5.22. The van der Waals surface area contributed by atoms with Gasteiger partial charge >= 0.3 is 0 Å². The van der Waals surface area contributed by atoms with E-state index in [1.807, 2.05) is 46.8 Å². The van der Waals surface area contributed by atoms with Crippen molar-refractivity contribution < 1.29 is 9.18 Å². The number of piperazine rings is 2. The molecule has 4 heterocycles. The van der Waals surface area contributed by atoms with Crippen molar-refractivity contribution in [2.24, 2.45) is 7.05 Å². The van der Waals surface area contributed by atoms with Crippen LogP contribution in [0.15, 0.2) is 48.7 Å². The lowest BCUT2D eigenvalue weighted by molar-refractivity contribution is 0.0736. The number of hydrogen-bond acceptors (Lipinski definition) is 6. The lowest BCUT2D eigenvalue weighted by atomic mass is 10.1. The van der Waals surface area contributed by atoms with Crippen LogP contribution < -0.4 is 9.80 Å². The molecule has 1 amide bonds. The van der Waals surface area contributed by atoms with E-state index < -0.39 is 0 Å². The molecular formula is C28H32FN7O. The molecule has 9 heteroatoms. The second kappa shape index (κ2) is 10.6. The van der Waals surface area contributed by atoms with E-state index in [0.29, 0.717) is 37.4 Å². The number of amides is 1. The average molecular weight is 502 g/mol. The summed E-state index contributed by atoms with van der Waals surface area (Å²) in [6.07, 6.45) is 1.23. The Morgan fingerprint density at radius 3 is 2.38 bits per heavy atom. The number of pyridine rings is 1. The Balaban J connectivity index is 1.19. The van der Waals surface area contributed by atoms with Crippen LogP contribution in [0, 0.1) is 24.1 Å². The number of anilines is 2. The molecule has 0 saturated carbocycles. The molecule has 0 radical (unpaired) electrons. The van der Waals surface area contributed by atoms with Crippen LogP contribution in [0.1, 0.15) is 27.3 Å². The molecule has 2 aliphatic rings. The first-order valence-electron chi connectivity index (χ1n) is 12.7. The summed E-state index contributed by atoms with van der Waals surface area (Å²) < 4.78 is 15.2. The predicted octanol–water partition coefficient (Wildman–Crippen LogP) is 3.02. The lowest BCUT2D eigenvalue weighted by Crippen LogP contribution is -2.49. The molecule has 2 fully saturated rings. The fraction of sp³-hybridized carbons (Fsp3) is 0.393. The first-order valence-corrected chi connectivity index (χ1v) is 12.7. The van der Waals surface area contributed by atoms with E-state index in [2.05, 4.69) is 32.7 Å². The second-order valence-electron chi connectivity index (χ2n) is 9.71. The van der Waals surface area contributed by atoms with Gasteiger partial charge in [-0.2, -0.15) is 5.26 Å². The highest BCUT2D eigenvalue weighted by Gasteiger charge is 2.27. The fourth-order valence-electron chi connectivity index (χ4n) is 5.22. The summed E-state index contributed by atoms with van der Waals surface area (Å²) in [5, 5.41) is 9.43. The second-order valence-corrected chi connectivity index (χ2v) is 9.71. The average Bonchev–Trinajstić information content (AvgIpc) is 3.22. The van der Waals surface area contributed by atoms with Crippen molar-refractivity contribution in [3.63, 3.8) is 0 Å². The summed E-state index contributed by atoms with van der Waals surface area (Å²) in [5.41, 5.74) is 4.71. The van der Waals surface area contributed by atoms with Crippen molar-refractivity contribution in [2.45, 2.75) is 13.5 Å². The quantitative estimate of drug-likeness (QED) is 0.535. The zero-order chi connectivity index (χ0) is 25.9. The van der Waals surface area contributed by atoms with E-state index in [-0.39, 0.29) is 11.7 Å². The SMILES string of the molecule is Cc1c(CN2CCN(c3ccccc3C#N)CC2)cc(C(=O)N2CCN(c3ccc(F)cn3)CC2)n1C. The van der Waals surface area contributed by atoms with Crippen LogP contribution in [0.5, 0.6) is 0 Å². The van der Waals surface area contributed by atoms with Crippen molar-refractivity contribution in [3.8, 4) is 6.07 Å². The van der Waals surface area contributed by atoms with Crippen LogP contribution in [0.25, 0.3) is 0 Å². The monoisotopic (exact) mass is 501 g/mol. The molecule has 37 heavy (non-hydrogen) atoms. The Kier molecular flexibility index (Phi) is 7.10. The van der Waals surface area contributed by atoms with Gasteiger partial charge in [0.25, 0.3) is 5.91 Å². The van der Waals surface area contributed by atoms with Gasteiger partial charge in [-0.1, -0.05) is 12.1 Å². The minimum absolute atomic E-state index is 0.0431. The smallest absolute Gasteiger partial charge is 0.270 e. The number of para-hydroxylation sites is 1. The van der Waals surface area contributed by atoms with Gasteiger partial charge in [-0.05, 0) is 42.8 Å². The van der Waals surface area contributed by atoms with Crippen LogP contribution in [-0.4, -0.2) is 77.6 Å². The van der Waals surface area contributed by atoms with E-state index in [4.69, 9.17) is 0 Å². The Morgan fingerprint density at radius 2 is 1.70 bits per heavy atom. The maximum absolute atomic E-state index is 13.4. The van der Waals surface area contributed by atoms with Gasteiger partial charge in [0.2, 0.25) is 0 Å². The molecule has 3 aromatic rings. The Hall–Kier alpha value is -3.90. The van der Waals surface area contributed by atoms with Gasteiger partial charge in [0.15, 0.2) is 0 Å². The molecule has 0 aliphatic carbocycles. The minimum atomic E-state index is -0.348. The number of carbonyl (C=O) groups excluding carboxylic acids is 1. The van der Waals surface area contributed by atoms with Crippen LogP contribution >= 0.6 is 0 Å². The first-order chi connectivity index (χ1) is 17.9. The summed E-state index contributed by atoms with van der Waals surface area (Å²) in [7, 11) is 1.96. The topological polar surface area (TPSA) is 71.6 Å². The number of nitriles is 1. The third-order valence-electron chi connectivity index (χ3n) is 7.59. The molecule has 2 aromatic heterocycles. The molecule has 0 unspecified atom stereocenters. The molecule has 192 valence electrons. The third-order valence-corrected chi connectivity index (χ3v) is 7.59. The van der Waals surface area contributed by atoms with Crippen LogP contribution in [0.3, 0.4) is 0 Å². The Bertz CT molecular complexity index is 1300. The zero-order valence-corrected chi connectivity index (χ0v) is 21.4. The number of rotatable bonds is 5. The standard InChI is InChI=1S/C28H32FN7O/c1-21-23(20-33-9-11-34(12-10-33)25-6-4-3-5-22(25)18-30)17-26(32(21)2)28(37)36-15-13-35(14-16-36)27-8-7-24(29)19-31-27/h3-8,17,19H,9-16,20H2,1-2H3. The van der Waals surface area contributed by atoms with E-state index in [9.17, 15) is 14.4 Å². The Morgan fingerprint density at radius 1 is 1.00 bits per heavy atom. The molecule has 0 N–H and O–H groups in total. The van der Waals surface area contributed by atoms with Gasteiger partial charge in [-0.15, -0.1) is 0 Å². The van der Waals surface area contributed by atoms with Gasteiger partial charge in [0, 0.05) is 71.6 Å². The van der Waals surface area contributed by atoms with E-state index in [1.54, 1.807) is 6.07 Å². The van der Waals surface area contributed by atoms with Crippen molar-refractivity contribution in [1.82, 2.24) is 19.4 Å². The first kappa shape index (κ1) is 24.8. The number of halogens is 1. The van der Waals surface area contributed by atoms with Gasteiger partial charge in [0.1, 0.15) is 23.4 Å². The molecule has 0 spiro atoms. The number of aromatic nitrogens is 2. The normalized spacial score (nSPS) is 16.6. The molecule has 8 nitrogen and oxygen atoms in total. The molecule has 2 aliphatic heterocycles. The Labute approximate surface area is 217 Å². The number of carbonyl (C=O) groups is 1. The molecule has 1 aromatic carbocycles. The van der Waals surface area contributed by atoms with Crippen molar-refractivity contribution in [2.75, 3.05) is 62.2 Å². The highest BCUT2D eigenvalue weighted by molar-refractivity contribution is 5.93. The summed E-state index contributed by atoms with van der Waals surface area (Å²) >= 11 is 0. The number of benzene rings is 1. The van der Waals surface area contributed by atoms with E-state index in [0.717, 1.165) is 49.9 Å². The molecule has 5 rings (SSSR count). The summed E-state index contributed by atoms with van der Waals surface area (Å²) in [6.45, 7) is 8.93. The maximum Gasteiger partial charge on any atom is 0.270 e. The number of hydrogen-bond donors (Lipinski definition) is 0. The molecule has 2 saturated heterocycles. The van der Waals surface area contributed by atoms with Crippen LogP contribution in [0.2, 0.25) is 0 Å². The van der Waals surface area contributed by atoms with Gasteiger partial charge in [-0.25, -0.2) is 9.37 Å². The van der Waals surface area contributed by atoms with Gasteiger partial charge < -0.3 is 19.3 Å². The largest absolute Gasteiger partial charge is 0.368 e. The third kappa shape index (κ3) is 5.16. The van der Waals surface area contributed by atoms with Crippen molar-refractivity contribution in [3.05, 3.63) is 77.0 Å². The minimum Gasteiger partial charge on any atom is -0.368 e. The summed E-state index contributed by atoms with van der Waals surface area (Å²) in [5.74, 6) is 0.432. The molecule has 0 bridgehead atoms. The van der Waals surface area contributed by atoms with Crippen molar-refractivity contribution in [1.29, 1.82) is 5.26 Å². The summed E-state index contributed by atoms with van der Waals surface area (Å²) in [6, 6.07) is 15.2. The highest BCUT2D eigenvalue weighted by Crippen LogP contribution is 2.24. The van der Waals surface area contributed by atoms with Gasteiger partial charge in [-0.3, -0.25) is 9.69 Å². The van der Waals surface area contributed by atoms with E-state index in [1.165, 1.54) is 17.8 Å². The van der Waals surface area contributed by atoms with Gasteiger partial charge in [0.05, 0.1) is 17.4 Å². The highest BCUT2D eigenvalue weighted by atomic mass is 19.1. The maximum atomic E-state index is 13.4.